The van der Waals surface area contributed by atoms with Crippen LogP contribution in [0.25, 0.3) is 10.2 Å². The Morgan fingerprint density at radius 3 is 2.15 bits per heavy atom. The number of benzene rings is 2. The summed E-state index contributed by atoms with van der Waals surface area (Å²) in [6.07, 6.45) is 0. The molecule has 9 nitrogen and oxygen atoms in total. The van der Waals surface area contributed by atoms with Crippen LogP contribution in [0.15, 0.2) is 41.3 Å². The van der Waals surface area contributed by atoms with Crippen molar-refractivity contribution in [2.45, 2.75) is 4.90 Å². The van der Waals surface area contributed by atoms with E-state index in [2.05, 4.69) is 4.98 Å². The maximum Gasteiger partial charge on any atom is 0.244 e. The molecule has 0 aliphatic carbocycles. The van der Waals surface area contributed by atoms with Crippen molar-refractivity contribution in [3.05, 3.63) is 36.4 Å². The molecule has 0 unspecified atom stereocenters. The fourth-order valence-electron chi connectivity index (χ4n) is 3.12. The number of amides is 1. The lowest BCUT2D eigenvalue weighted by Crippen LogP contribution is -2.40. The fourth-order valence-corrected chi connectivity index (χ4v) is 5.44. The third kappa shape index (κ3) is 5.55. The molecule has 0 radical (unpaired) electrons. The van der Waals surface area contributed by atoms with Crippen LogP contribution in [0.5, 0.6) is 17.2 Å². The van der Waals surface area contributed by atoms with Gasteiger partial charge in [-0.1, -0.05) is 11.3 Å². The van der Waals surface area contributed by atoms with Crippen LogP contribution in [0.1, 0.15) is 0 Å². The normalized spacial score (nSPS) is 11.6. The number of hydrogen-bond donors (Lipinski definition) is 0. The molecule has 0 saturated heterocycles. The minimum Gasteiger partial charge on any atom is -0.497 e. The first-order valence-electron chi connectivity index (χ1n) is 10.0. The van der Waals surface area contributed by atoms with Crippen LogP contribution in [0, 0.1) is 0 Å². The second kappa shape index (κ2) is 10.4. The molecule has 0 N–H and O–H groups in total. The molecule has 178 valence electrons. The summed E-state index contributed by atoms with van der Waals surface area (Å²) in [5.41, 5.74) is 0.553. The highest BCUT2D eigenvalue weighted by Crippen LogP contribution is 2.40. The van der Waals surface area contributed by atoms with E-state index in [0.29, 0.717) is 39.1 Å². The predicted octanol–water partition coefficient (Wildman–Crippen LogP) is 2.69. The Morgan fingerprint density at radius 1 is 0.939 bits per heavy atom. The van der Waals surface area contributed by atoms with E-state index in [1.54, 1.807) is 31.4 Å². The number of methoxy groups -OCH3 is 3. The number of ether oxygens (including phenoxy) is 3. The summed E-state index contributed by atoms with van der Waals surface area (Å²) in [6, 6.07) is 9.46. The molecule has 0 aliphatic rings. The van der Waals surface area contributed by atoms with Gasteiger partial charge in [-0.05, 0) is 50.5 Å². The second-order valence-corrected chi connectivity index (χ2v) is 10.4. The van der Waals surface area contributed by atoms with Crippen LogP contribution in [-0.4, -0.2) is 78.5 Å². The average Bonchev–Trinajstić information content (AvgIpc) is 3.23. The van der Waals surface area contributed by atoms with Gasteiger partial charge in [0.15, 0.2) is 15.0 Å². The maximum atomic E-state index is 13.3. The number of likely N-dealkylation sites (N-methyl/N-ethyl adjacent to an activating group) is 1. The van der Waals surface area contributed by atoms with Crippen LogP contribution in [-0.2, 0) is 14.6 Å². The molecule has 0 spiro atoms. The lowest BCUT2D eigenvalue weighted by Gasteiger charge is -2.22. The van der Waals surface area contributed by atoms with Crippen molar-refractivity contribution in [1.82, 2.24) is 9.88 Å². The van der Waals surface area contributed by atoms with Crippen molar-refractivity contribution in [2.75, 3.05) is 59.2 Å². The van der Waals surface area contributed by atoms with Gasteiger partial charge in [-0.25, -0.2) is 13.4 Å². The summed E-state index contributed by atoms with van der Waals surface area (Å²) in [7, 11) is 4.48. The Labute approximate surface area is 197 Å². The quantitative estimate of drug-likeness (QED) is 0.425. The van der Waals surface area contributed by atoms with Crippen molar-refractivity contribution in [3.8, 4) is 17.2 Å². The minimum absolute atomic E-state index is 0.0526. The standard InChI is InChI=1S/C22H27N3O6S2/c1-24(2)12-13-25(19(26)14-33(27,28)16-8-6-15(29-3)7-9-16)22-23-20-17(30-4)10-11-18(31-5)21(20)32-22/h6-11H,12-14H2,1-5H3. The Bertz CT molecular complexity index is 1180. The number of fused-ring (bicyclic) bond motifs is 1. The number of hydrogen-bond acceptors (Lipinski definition) is 9. The number of nitrogens with zero attached hydrogens (tertiary/aromatic N) is 3. The summed E-state index contributed by atoms with van der Waals surface area (Å²) in [5, 5.41) is 0.379. The minimum atomic E-state index is -3.86. The van der Waals surface area contributed by atoms with Crippen molar-refractivity contribution in [3.63, 3.8) is 0 Å². The van der Waals surface area contributed by atoms with E-state index in [4.69, 9.17) is 14.2 Å². The highest BCUT2D eigenvalue weighted by molar-refractivity contribution is 7.92. The average molecular weight is 494 g/mol. The van der Waals surface area contributed by atoms with Crippen LogP contribution < -0.4 is 19.1 Å². The lowest BCUT2D eigenvalue weighted by atomic mass is 10.3. The largest absolute Gasteiger partial charge is 0.497 e. The highest BCUT2D eigenvalue weighted by Gasteiger charge is 2.27. The van der Waals surface area contributed by atoms with Gasteiger partial charge in [0.2, 0.25) is 5.91 Å². The zero-order valence-corrected chi connectivity index (χ0v) is 20.8. The zero-order valence-electron chi connectivity index (χ0n) is 19.2. The van der Waals surface area contributed by atoms with Crippen LogP contribution in [0.4, 0.5) is 5.13 Å². The number of anilines is 1. The van der Waals surface area contributed by atoms with Gasteiger partial charge in [0.1, 0.15) is 33.2 Å². The number of sulfone groups is 1. The van der Waals surface area contributed by atoms with Gasteiger partial charge in [-0.3, -0.25) is 9.69 Å². The monoisotopic (exact) mass is 493 g/mol. The summed E-state index contributed by atoms with van der Waals surface area (Å²) < 4.78 is 42.5. The van der Waals surface area contributed by atoms with E-state index in [9.17, 15) is 13.2 Å². The third-order valence-electron chi connectivity index (χ3n) is 4.93. The molecule has 0 fully saturated rings. The highest BCUT2D eigenvalue weighted by atomic mass is 32.2. The van der Waals surface area contributed by atoms with E-state index in [0.717, 1.165) is 0 Å². The Kier molecular flexibility index (Phi) is 7.77. The van der Waals surface area contributed by atoms with Gasteiger partial charge in [0, 0.05) is 13.1 Å². The first-order valence-corrected chi connectivity index (χ1v) is 12.5. The molecule has 0 atom stereocenters. The number of thiazole rings is 1. The van der Waals surface area contributed by atoms with E-state index >= 15 is 0 Å². The van der Waals surface area contributed by atoms with Gasteiger partial charge < -0.3 is 19.1 Å². The topological polar surface area (TPSA) is 98.3 Å². The SMILES string of the molecule is COc1ccc(S(=O)(=O)CC(=O)N(CCN(C)C)c2nc3c(OC)ccc(OC)c3s2)cc1. The Morgan fingerprint density at radius 2 is 1.58 bits per heavy atom. The molecule has 33 heavy (non-hydrogen) atoms. The third-order valence-corrected chi connectivity index (χ3v) is 7.64. The number of rotatable bonds is 10. The molecule has 1 aromatic heterocycles. The smallest absolute Gasteiger partial charge is 0.244 e. The van der Waals surface area contributed by atoms with Crippen molar-refractivity contribution in [2.24, 2.45) is 0 Å². The van der Waals surface area contributed by atoms with E-state index < -0.39 is 21.5 Å². The Balaban J connectivity index is 1.97. The molecule has 3 rings (SSSR count). The molecule has 0 bridgehead atoms. The van der Waals surface area contributed by atoms with Gasteiger partial charge in [0.05, 0.1) is 26.2 Å². The molecule has 11 heteroatoms. The van der Waals surface area contributed by atoms with Gasteiger partial charge in [-0.2, -0.15) is 0 Å². The molecular formula is C22H27N3O6S2. The molecule has 3 aromatic rings. The van der Waals surface area contributed by atoms with Crippen LogP contribution in [0.2, 0.25) is 0 Å². The number of aromatic nitrogens is 1. The van der Waals surface area contributed by atoms with Crippen molar-refractivity contribution >= 4 is 42.4 Å². The van der Waals surface area contributed by atoms with Gasteiger partial charge in [0.25, 0.3) is 0 Å². The lowest BCUT2D eigenvalue weighted by molar-refractivity contribution is -0.116. The molecule has 1 amide bonds. The van der Waals surface area contributed by atoms with Crippen LogP contribution >= 0.6 is 11.3 Å². The summed E-state index contributed by atoms with van der Waals surface area (Å²) >= 11 is 1.25. The number of carbonyl (C=O) groups is 1. The maximum absolute atomic E-state index is 13.3. The number of carbonyl (C=O) groups excluding carboxylic acids is 1. The predicted molar refractivity (Wildman–Crippen MR) is 129 cm³/mol. The van der Waals surface area contributed by atoms with E-state index in [1.807, 2.05) is 19.0 Å². The van der Waals surface area contributed by atoms with Gasteiger partial charge in [-0.15, -0.1) is 0 Å². The molecule has 1 heterocycles. The van der Waals surface area contributed by atoms with E-state index in [-0.39, 0.29) is 11.4 Å². The second-order valence-electron chi connectivity index (χ2n) is 7.43. The first kappa shape index (κ1) is 24.7. The molecular weight excluding hydrogens is 466 g/mol. The molecule has 2 aromatic carbocycles. The van der Waals surface area contributed by atoms with Gasteiger partial charge >= 0.3 is 0 Å². The zero-order chi connectivity index (χ0) is 24.2. The molecule has 0 aliphatic heterocycles. The summed E-state index contributed by atoms with van der Waals surface area (Å²) in [6.45, 7) is 0.799. The van der Waals surface area contributed by atoms with Crippen molar-refractivity contribution < 1.29 is 27.4 Å². The van der Waals surface area contributed by atoms with Crippen LogP contribution in [0.3, 0.4) is 0 Å². The summed E-state index contributed by atoms with van der Waals surface area (Å²) in [4.78, 5) is 21.2. The Hall–Kier alpha value is -2.89. The van der Waals surface area contributed by atoms with Crippen molar-refractivity contribution in [1.29, 1.82) is 0 Å². The fraction of sp³-hybridized carbons (Fsp3) is 0.364. The molecule has 0 saturated carbocycles. The summed E-state index contributed by atoms with van der Waals surface area (Å²) in [5.74, 6) is 0.422. The van der Waals surface area contributed by atoms with E-state index in [1.165, 1.54) is 42.6 Å². The first-order chi connectivity index (χ1) is 15.7.